The zero-order chi connectivity index (χ0) is 17.6. The van der Waals surface area contributed by atoms with Crippen molar-refractivity contribution in [3.63, 3.8) is 0 Å². The average Bonchev–Trinajstić information content (AvgIpc) is 3.32. The first-order chi connectivity index (χ1) is 12.2. The SMILES string of the molecule is COc1ccc(CC(=O)NCc2ccc(C(=O)c3ccco3)s2)cc1. The highest BCUT2D eigenvalue weighted by atomic mass is 32.1. The lowest BCUT2D eigenvalue weighted by Crippen LogP contribution is -2.24. The van der Waals surface area contributed by atoms with Gasteiger partial charge in [-0.2, -0.15) is 0 Å². The summed E-state index contributed by atoms with van der Waals surface area (Å²) in [6.07, 6.45) is 1.77. The van der Waals surface area contributed by atoms with E-state index in [1.165, 1.54) is 17.6 Å². The van der Waals surface area contributed by atoms with Gasteiger partial charge < -0.3 is 14.5 Å². The van der Waals surface area contributed by atoms with Crippen molar-refractivity contribution in [1.82, 2.24) is 5.32 Å². The van der Waals surface area contributed by atoms with Gasteiger partial charge in [-0.25, -0.2) is 0 Å². The minimum absolute atomic E-state index is 0.0718. The maximum absolute atomic E-state index is 12.2. The number of rotatable bonds is 7. The lowest BCUT2D eigenvalue weighted by atomic mass is 10.1. The molecule has 0 bridgehead atoms. The van der Waals surface area contributed by atoms with Crippen LogP contribution in [0.5, 0.6) is 5.75 Å². The molecular formula is C19H17NO4S. The standard InChI is InChI=1S/C19H17NO4S/c1-23-14-6-4-13(5-7-14)11-18(21)20-12-15-8-9-17(25-15)19(22)16-3-2-10-24-16/h2-10H,11-12H2,1H3,(H,20,21). The normalized spacial score (nSPS) is 10.4. The minimum Gasteiger partial charge on any atom is -0.497 e. The first kappa shape index (κ1) is 17.0. The Balaban J connectivity index is 1.53. The molecule has 0 spiro atoms. The van der Waals surface area contributed by atoms with Gasteiger partial charge in [0.05, 0.1) is 31.2 Å². The van der Waals surface area contributed by atoms with Crippen LogP contribution in [0, 0.1) is 0 Å². The fraction of sp³-hybridized carbons (Fsp3) is 0.158. The Labute approximate surface area is 149 Å². The molecule has 5 nitrogen and oxygen atoms in total. The fourth-order valence-corrected chi connectivity index (χ4v) is 3.19. The highest BCUT2D eigenvalue weighted by Gasteiger charge is 2.14. The third-order valence-corrected chi connectivity index (χ3v) is 4.70. The van der Waals surface area contributed by atoms with E-state index in [4.69, 9.17) is 9.15 Å². The Bertz CT molecular complexity index is 850. The second-order valence-corrected chi connectivity index (χ2v) is 6.54. The first-order valence-electron chi connectivity index (χ1n) is 7.72. The maximum atomic E-state index is 12.2. The molecule has 0 fully saturated rings. The van der Waals surface area contributed by atoms with Crippen molar-refractivity contribution < 1.29 is 18.7 Å². The summed E-state index contributed by atoms with van der Waals surface area (Å²) < 4.78 is 10.2. The van der Waals surface area contributed by atoms with Gasteiger partial charge in [0.15, 0.2) is 5.76 Å². The Morgan fingerprint density at radius 2 is 1.92 bits per heavy atom. The number of hydrogen-bond acceptors (Lipinski definition) is 5. The van der Waals surface area contributed by atoms with Crippen LogP contribution in [0.25, 0.3) is 0 Å². The van der Waals surface area contributed by atoms with Gasteiger partial charge in [-0.3, -0.25) is 9.59 Å². The number of methoxy groups -OCH3 is 1. The van der Waals surface area contributed by atoms with E-state index in [1.807, 2.05) is 30.3 Å². The van der Waals surface area contributed by atoms with Crippen molar-refractivity contribution in [1.29, 1.82) is 0 Å². The molecular weight excluding hydrogens is 338 g/mol. The van der Waals surface area contributed by atoms with Crippen molar-refractivity contribution in [2.45, 2.75) is 13.0 Å². The number of carbonyl (C=O) groups is 2. The van der Waals surface area contributed by atoms with E-state index in [-0.39, 0.29) is 11.7 Å². The predicted molar refractivity (Wildman–Crippen MR) is 95.0 cm³/mol. The van der Waals surface area contributed by atoms with Crippen LogP contribution in [0.3, 0.4) is 0 Å². The summed E-state index contributed by atoms with van der Waals surface area (Å²) in [5.74, 6) is 0.858. The number of carbonyl (C=O) groups excluding carboxylic acids is 2. The predicted octanol–water partition coefficient (Wildman–Crippen LogP) is 3.44. The second-order valence-electron chi connectivity index (χ2n) is 5.37. The van der Waals surface area contributed by atoms with E-state index in [0.717, 1.165) is 16.2 Å². The molecule has 0 unspecified atom stereocenters. The molecule has 0 saturated heterocycles. The van der Waals surface area contributed by atoms with Crippen molar-refractivity contribution in [3.8, 4) is 5.75 Å². The summed E-state index contributed by atoms with van der Waals surface area (Å²) >= 11 is 1.35. The number of thiophene rings is 1. The summed E-state index contributed by atoms with van der Waals surface area (Å²) in [4.78, 5) is 25.7. The van der Waals surface area contributed by atoms with Crippen molar-refractivity contribution in [2.75, 3.05) is 7.11 Å². The number of benzene rings is 1. The van der Waals surface area contributed by atoms with E-state index in [0.29, 0.717) is 23.6 Å². The molecule has 2 aromatic heterocycles. The topological polar surface area (TPSA) is 68.5 Å². The van der Waals surface area contributed by atoms with Crippen LogP contribution >= 0.6 is 11.3 Å². The summed E-state index contributed by atoms with van der Waals surface area (Å²) in [6, 6.07) is 14.3. The number of ketones is 1. The molecule has 1 N–H and O–H groups in total. The third kappa shape index (κ3) is 4.36. The van der Waals surface area contributed by atoms with Crippen molar-refractivity contribution in [2.24, 2.45) is 0 Å². The molecule has 6 heteroatoms. The van der Waals surface area contributed by atoms with Crippen LogP contribution in [-0.4, -0.2) is 18.8 Å². The van der Waals surface area contributed by atoms with Gasteiger partial charge >= 0.3 is 0 Å². The molecule has 0 atom stereocenters. The maximum Gasteiger partial charge on any atom is 0.238 e. The van der Waals surface area contributed by atoms with Gasteiger partial charge in [0.2, 0.25) is 11.7 Å². The lowest BCUT2D eigenvalue weighted by Gasteiger charge is -2.05. The monoisotopic (exact) mass is 355 g/mol. The van der Waals surface area contributed by atoms with Gasteiger partial charge in [0.25, 0.3) is 0 Å². The number of amides is 1. The molecule has 3 rings (SSSR count). The first-order valence-corrected chi connectivity index (χ1v) is 8.54. The molecule has 3 aromatic rings. The number of nitrogens with one attached hydrogen (secondary N) is 1. The zero-order valence-electron chi connectivity index (χ0n) is 13.7. The van der Waals surface area contributed by atoms with Crippen LogP contribution in [0.1, 0.15) is 25.9 Å². The molecule has 0 aliphatic rings. The highest BCUT2D eigenvalue weighted by molar-refractivity contribution is 7.14. The van der Waals surface area contributed by atoms with Gasteiger partial charge in [-0.15, -0.1) is 11.3 Å². The molecule has 0 aliphatic heterocycles. The molecule has 1 amide bonds. The Hall–Kier alpha value is -2.86. The van der Waals surface area contributed by atoms with Crippen LogP contribution in [-0.2, 0) is 17.8 Å². The summed E-state index contributed by atoms with van der Waals surface area (Å²) in [7, 11) is 1.60. The zero-order valence-corrected chi connectivity index (χ0v) is 14.5. The molecule has 0 saturated carbocycles. The summed E-state index contributed by atoms with van der Waals surface area (Å²) in [5.41, 5.74) is 0.915. The van der Waals surface area contributed by atoms with Gasteiger partial charge in [-0.1, -0.05) is 12.1 Å². The van der Waals surface area contributed by atoms with E-state index < -0.39 is 0 Å². The molecule has 0 aliphatic carbocycles. The van der Waals surface area contributed by atoms with E-state index in [2.05, 4.69) is 5.32 Å². The van der Waals surface area contributed by atoms with Crippen molar-refractivity contribution >= 4 is 23.0 Å². The Morgan fingerprint density at radius 1 is 1.12 bits per heavy atom. The van der Waals surface area contributed by atoms with Gasteiger partial charge in [0, 0.05) is 4.88 Å². The molecule has 2 heterocycles. The van der Waals surface area contributed by atoms with E-state index in [1.54, 1.807) is 25.3 Å². The number of furan rings is 1. The quantitative estimate of drug-likeness (QED) is 0.659. The largest absolute Gasteiger partial charge is 0.497 e. The van der Waals surface area contributed by atoms with Crippen LogP contribution in [0.4, 0.5) is 0 Å². The number of ether oxygens (including phenoxy) is 1. The summed E-state index contributed by atoms with van der Waals surface area (Å²) in [6.45, 7) is 0.394. The average molecular weight is 355 g/mol. The minimum atomic E-state index is -0.147. The van der Waals surface area contributed by atoms with Gasteiger partial charge in [0.1, 0.15) is 5.75 Å². The van der Waals surface area contributed by atoms with E-state index in [9.17, 15) is 9.59 Å². The molecule has 0 radical (unpaired) electrons. The number of hydrogen-bond donors (Lipinski definition) is 1. The highest BCUT2D eigenvalue weighted by Crippen LogP contribution is 2.20. The fourth-order valence-electron chi connectivity index (χ4n) is 2.30. The van der Waals surface area contributed by atoms with Crippen molar-refractivity contribution in [3.05, 3.63) is 75.9 Å². The second kappa shape index (κ2) is 7.81. The molecule has 128 valence electrons. The van der Waals surface area contributed by atoms with Crippen LogP contribution in [0.2, 0.25) is 0 Å². The Morgan fingerprint density at radius 3 is 2.60 bits per heavy atom. The van der Waals surface area contributed by atoms with Crippen LogP contribution in [0.15, 0.2) is 59.2 Å². The molecule has 1 aromatic carbocycles. The third-order valence-electron chi connectivity index (χ3n) is 3.61. The van der Waals surface area contributed by atoms with Gasteiger partial charge in [-0.05, 0) is 42.0 Å². The van der Waals surface area contributed by atoms with Crippen LogP contribution < -0.4 is 10.1 Å². The summed E-state index contributed by atoms with van der Waals surface area (Å²) in [5, 5.41) is 2.87. The van der Waals surface area contributed by atoms with E-state index >= 15 is 0 Å². The lowest BCUT2D eigenvalue weighted by molar-refractivity contribution is -0.120. The smallest absolute Gasteiger partial charge is 0.238 e. The molecule has 25 heavy (non-hydrogen) atoms. The Kier molecular flexibility index (Phi) is 5.30.